The molecule has 0 aromatic carbocycles. The summed E-state index contributed by atoms with van der Waals surface area (Å²) in [6, 6.07) is 0. The maximum Gasteiger partial charge on any atom is 0.124 e. The average Bonchev–Trinajstić information content (AvgIpc) is 2.20. The molecule has 0 rings (SSSR count). The predicted octanol–water partition coefficient (Wildman–Crippen LogP) is -1.87. The SMILES string of the molecule is CC(C=O)CNC(CO)(CO)CO. The van der Waals surface area contributed by atoms with Gasteiger partial charge in [-0.05, 0) is 0 Å². The fourth-order valence-electron chi connectivity index (χ4n) is 0.743. The third-order valence-corrected chi connectivity index (χ3v) is 1.94. The first-order chi connectivity index (χ1) is 6.14. The van der Waals surface area contributed by atoms with E-state index in [9.17, 15) is 4.79 Å². The zero-order valence-electron chi connectivity index (χ0n) is 7.73. The molecule has 1 unspecified atom stereocenters. The molecule has 5 nitrogen and oxygen atoms in total. The van der Waals surface area contributed by atoms with E-state index in [-0.39, 0.29) is 25.7 Å². The summed E-state index contributed by atoms with van der Waals surface area (Å²) in [6.07, 6.45) is 0.768. The van der Waals surface area contributed by atoms with Crippen LogP contribution in [-0.4, -0.2) is 53.5 Å². The predicted molar refractivity (Wildman–Crippen MR) is 47.2 cm³/mol. The molecule has 5 heteroatoms. The van der Waals surface area contributed by atoms with Gasteiger partial charge in [-0.25, -0.2) is 0 Å². The van der Waals surface area contributed by atoms with E-state index in [2.05, 4.69) is 5.32 Å². The molecule has 1 atom stereocenters. The fraction of sp³-hybridized carbons (Fsp3) is 0.875. The first-order valence-corrected chi connectivity index (χ1v) is 4.17. The lowest BCUT2D eigenvalue weighted by Gasteiger charge is -2.29. The highest BCUT2D eigenvalue weighted by Crippen LogP contribution is 2.02. The Morgan fingerprint density at radius 1 is 1.31 bits per heavy atom. The van der Waals surface area contributed by atoms with E-state index in [1.807, 2.05) is 0 Å². The van der Waals surface area contributed by atoms with Crippen molar-refractivity contribution in [1.29, 1.82) is 0 Å². The molecule has 0 aliphatic rings. The molecule has 0 aliphatic heterocycles. The van der Waals surface area contributed by atoms with Gasteiger partial charge in [0.25, 0.3) is 0 Å². The first-order valence-electron chi connectivity index (χ1n) is 4.17. The van der Waals surface area contributed by atoms with Crippen LogP contribution in [0.1, 0.15) is 6.92 Å². The second kappa shape index (κ2) is 6.04. The third kappa shape index (κ3) is 3.82. The molecule has 0 spiro atoms. The second-order valence-electron chi connectivity index (χ2n) is 3.25. The standard InChI is InChI=1S/C8H17NO4/c1-7(3-10)2-9-8(4-11,5-12)6-13/h3,7,9,11-13H,2,4-6H2,1H3. The molecule has 13 heavy (non-hydrogen) atoms. The molecular weight excluding hydrogens is 174 g/mol. The summed E-state index contributed by atoms with van der Waals surface area (Å²) in [5, 5.41) is 29.4. The number of nitrogens with one attached hydrogen (secondary N) is 1. The molecule has 78 valence electrons. The lowest BCUT2D eigenvalue weighted by atomic mass is 10.0. The van der Waals surface area contributed by atoms with Crippen molar-refractivity contribution in [3.63, 3.8) is 0 Å². The molecule has 0 bridgehead atoms. The Labute approximate surface area is 77.4 Å². The van der Waals surface area contributed by atoms with Crippen LogP contribution < -0.4 is 5.32 Å². The number of rotatable bonds is 7. The molecule has 0 aromatic rings. The number of aldehydes is 1. The number of hydrogen-bond donors (Lipinski definition) is 4. The van der Waals surface area contributed by atoms with Gasteiger partial charge in [0.2, 0.25) is 0 Å². The molecule has 0 amide bonds. The topological polar surface area (TPSA) is 89.8 Å². The highest BCUT2D eigenvalue weighted by atomic mass is 16.3. The van der Waals surface area contributed by atoms with Gasteiger partial charge < -0.3 is 25.4 Å². The second-order valence-corrected chi connectivity index (χ2v) is 3.25. The third-order valence-electron chi connectivity index (χ3n) is 1.94. The monoisotopic (exact) mass is 191 g/mol. The number of hydrogen-bond acceptors (Lipinski definition) is 5. The Morgan fingerprint density at radius 3 is 2.08 bits per heavy atom. The van der Waals surface area contributed by atoms with Crippen molar-refractivity contribution >= 4 is 6.29 Å². The van der Waals surface area contributed by atoms with Crippen LogP contribution in [-0.2, 0) is 4.79 Å². The van der Waals surface area contributed by atoms with Gasteiger partial charge in [-0.15, -0.1) is 0 Å². The van der Waals surface area contributed by atoms with Crippen molar-refractivity contribution in [3.05, 3.63) is 0 Å². The molecule has 0 fully saturated rings. The van der Waals surface area contributed by atoms with E-state index in [0.717, 1.165) is 6.29 Å². The Bertz CT molecular complexity index is 139. The Hall–Kier alpha value is -0.490. The molecular formula is C8H17NO4. The van der Waals surface area contributed by atoms with Crippen LogP contribution in [0.3, 0.4) is 0 Å². The van der Waals surface area contributed by atoms with Gasteiger partial charge >= 0.3 is 0 Å². The summed E-state index contributed by atoms with van der Waals surface area (Å²) in [7, 11) is 0. The molecule has 0 heterocycles. The van der Waals surface area contributed by atoms with Gasteiger partial charge in [0.15, 0.2) is 0 Å². The van der Waals surface area contributed by atoms with Crippen molar-refractivity contribution in [2.24, 2.45) is 5.92 Å². The van der Waals surface area contributed by atoms with Gasteiger partial charge in [0.05, 0.1) is 25.4 Å². The Morgan fingerprint density at radius 2 is 1.77 bits per heavy atom. The number of aliphatic hydroxyl groups is 3. The summed E-state index contributed by atoms with van der Waals surface area (Å²) in [5.74, 6) is -0.205. The van der Waals surface area contributed by atoms with Gasteiger partial charge in [0, 0.05) is 12.5 Å². The van der Waals surface area contributed by atoms with Crippen LogP contribution in [0.5, 0.6) is 0 Å². The molecule has 0 radical (unpaired) electrons. The Balaban J connectivity index is 4.02. The summed E-state index contributed by atoms with van der Waals surface area (Å²) in [5.41, 5.74) is -1.09. The minimum Gasteiger partial charge on any atom is -0.394 e. The van der Waals surface area contributed by atoms with E-state index in [0.29, 0.717) is 6.54 Å². The van der Waals surface area contributed by atoms with Crippen molar-refractivity contribution < 1.29 is 20.1 Å². The number of carbonyl (C=O) groups excluding carboxylic acids is 1. The van der Waals surface area contributed by atoms with E-state index in [1.165, 1.54) is 0 Å². The lowest BCUT2D eigenvalue weighted by molar-refractivity contribution is -0.110. The van der Waals surface area contributed by atoms with Crippen LogP contribution in [0.15, 0.2) is 0 Å². The van der Waals surface area contributed by atoms with Crippen LogP contribution in [0.4, 0.5) is 0 Å². The van der Waals surface area contributed by atoms with Crippen LogP contribution in [0.25, 0.3) is 0 Å². The quantitative estimate of drug-likeness (QED) is 0.354. The summed E-state index contributed by atoms with van der Waals surface area (Å²) < 4.78 is 0. The van der Waals surface area contributed by atoms with Crippen molar-refractivity contribution in [2.75, 3.05) is 26.4 Å². The first kappa shape index (κ1) is 12.5. The van der Waals surface area contributed by atoms with E-state index in [1.54, 1.807) is 6.92 Å². The molecule has 0 saturated carbocycles. The van der Waals surface area contributed by atoms with E-state index in [4.69, 9.17) is 15.3 Å². The zero-order chi connectivity index (χ0) is 10.3. The smallest absolute Gasteiger partial charge is 0.124 e. The minimum atomic E-state index is -1.09. The summed E-state index contributed by atoms with van der Waals surface area (Å²) in [4.78, 5) is 10.3. The van der Waals surface area contributed by atoms with Crippen LogP contribution in [0, 0.1) is 5.92 Å². The van der Waals surface area contributed by atoms with Crippen LogP contribution >= 0.6 is 0 Å². The van der Waals surface area contributed by atoms with Gasteiger partial charge in [-0.3, -0.25) is 0 Å². The van der Waals surface area contributed by atoms with Gasteiger partial charge in [-0.2, -0.15) is 0 Å². The van der Waals surface area contributed by atoms with Crippen molar-refractivity contribution in [2.45, 2.75) is 12.5 Å². The molecule has 0 saturated heterocycles. The Kier molecular flexibility index (Phi) is 5.81. The maximum atomic E-state index is 10.3. The summed E-state index contributed by atoms with van der Waals surface area (Å²) >= 11 is 0. The summed E-state index contributed by atoms with van der Waals surface area (Å²) in [6.45, 7) is 0.921. The largest absolute Gasteiger partial charge is 0.394 e. The zero-order valence-corrected chi connectivity index (χ0v) is 7.73. The number of aliphatic hydroxyl groups excluding tert-OH is 3. The van der Waals surface area contributed by atoms with E-state index < -0.39 is 5.54 Å². The molecule has 4 N–H and O–H groups in total. The molecule has 0 aromatic heterocycles. The normalized spacial score (nSPS) is 14.2. The van der Waals surface area contributed by atoms with Gasteiger partial charge in [0.1, 0.15) is 6.29 Å². The highest BCUT2D eigenvalue weighted by molar-refractivity contribution is 5.53. The fourth-order valence-corrected chi connectivity index (χ4v) is 0.743. The molecule has 0 aliphatic carbocycles. The van der Waals surface area contributed by atoms with Gasteiger partial charge in [-0.1, -0.05) is 6.92 Å². The minimum absolute atomic E-state index is 0.205. The highest BCUT2D eigenvalue weighted by Gasteiger charge is 2.27. The lowest BCUT2D eigenvalue weighted by Crippen LogP contribution is -2.55. The van der Waals surface area contributed by atoms with Crippen molar-refractivity contribution in [3.8, 4) is 0 Å². The number of carbonyl (C=O) groups is 1. The maximum absolute atomic E-state index is 10.3. The average molecular weight is 191 g/mol. The van der Waals surface area contributed by atoms with E-state index >= 15 is 0 Å². The van der Waals surface area contributed by atoms with Crippen molar-refractivity contribution in [1.82, 2.24) is 5.32 Å². The van der Waals surface area contributed by atoms with Crippen LogP contribution in [0.2, 0.25) is 0 Å².